The SMILES string of the molecule is CC(C)NC1CCCC(C(C)(C)C)(C(C)(C)C)C1.CC(C)[NH][Ti+2].CC(C)[O-].CC(C)[O-]. The Hall–Kier alpha value is 0.554. The van der Waals surface area contributed by atoms with Crippen LogP contribution in [0, 0.1) is 16.2 Å². The summed E-state index contributed by atoms with van der Waals surface area (Å²) in [5, 5.41) is 22.8. The molecular weight excluding hydrogens is 420 g/mol. The van der Waals surface area contributed by atoms with Crippen LogP contribution in [0.15, 0.2) is 0 Å². The molecule has 1 saturated carbocycles. The normalized spacial score (nSPS) is 18.7. The standard InChI is InChI=1S/C17H35N.C3H8N.2C3H7O.Ti/c1-13(2)18-14-10-9-11-17(12-14,15(3,4)5)16(6,7)8;3*1-3(2)4;/h13-14,18H,9-12H2,1-8H3;3-4H,1-2H3;2*3H,1-2H3;/q;3*-1;+3. The Morgan fingerprint density at radius 3 is 1.32 bits per heavy atom. The van der Waals surface area contributed by atoms with Gasteiger partial charge in [-0.25, -0.2) is 0 Å². The first kappa shape index (κ1) is 36.1. The quantitative estimate of drug-likeness (QED) is 0.564. The van der Waals surface area contributed by atoms with Crippen LogP contribution in [0.1, 0.15) is 123 Å². The van der Waals surface area contributed by atoms with Crippen LogP contribution < -0.4 is 19.3 Å². The van der Waals surface area contributed by atoms with Crippen molar-refractivity contribution >= 4 is 0 Å². The topological polar surface area (TPSA) is 70.2 Å². The van der Waals surface area contributed by atoms with E-state index in [1.54, 1.807) is 27.7 Å². The zero-order chi connectivity index (χ0) is 25.6. The number of nitrogens with one attached hydrogen (secondary N) is 2. The van der Waals surface area contributed by atoms with Crippen LogP contribution in [-0.4, -0.2) is 30.3 Å². The van der Waals surface area contributed by atoms with Crippen LogP contribution in [0.3, 0.4) is 0 Å². The second-order valence-electron chi connectivity index (χ2n) is 12.1. The number of hydrogen-bond acceptors (Lipinski definition) is 4. The maximum absolute atomic E-state index is 9.53. The first-order valence-electron chi connectivity index (χ1n) is 12.2. The molecule has 1 aliphatic rings. The maximum atomic E-state index is 9.53. The molecule has 0 aromatic carbocycles. The van der Waals surface area contributed by atoms with E-state index in [-0.39, 0.29) is 0 Å². The molecule has 0 amide bonds. The summed E-state index contributed by atoms with van der Waals surface area (Å²) in [4.78, 5) is 0. The average molecular weight is 478 g/mol. The van der Waals surface area contributed by atoms with Gasteiger partial charge in [0.05, 0.1) is 0 Å². The Kier molecular flexibility index (Phi) is 19.9. The molecule has 31 heavy (non-hydrogen) atoms. The minimum Gasteiger partial charge on any atom is -0.852 e. The maximum Gasteiger partial charge on any atom is -0.0783 e. The van der Waals surface area contributed by atoms with E-state index < -0.39 is 12.2 Å². The molecule has 0 radical (unpaired) electrons. The van der Waals surface area contributed by atoms with Gasteiger partial charge in [0.25, 0.3) is 0 Å². The molecule has 187 valence electrons. The van der Waals surface area contributed by atoms with E-state index in [0.29, 0.717) is 34.4 Å². The molecule has 0 bridgehead atoms. The summed E-state index contributed by atoms with van der Waals surface area (Å²) in [5.41, 5.74) is 1.20. The van der Waals surface area contributed by atoms with E-state index in [0.717, 1.165) is 0 Å². The Morgan fingerprint density at radius 2 is 1.10 bits per heavy atom. The van der Waals surface area contributed by atoms with Gasteiger partial charge in [0.15, 0.2) is 0 Å². The zero-order valence-electron chi connectivity index (χ0n) is 23.5. The Morgan fingerprint density at radius 1 is 0.774 bits per heavy atom. The van der Waals surface area contributed by atoms with Crippen LogP contribution in [0.2, 0.25) is 0 Å². The van der Waals surface area contributed by atoms with Crippen LogP contribution >= 0.6 is 0 Å². The van der Waals surface area contributed by atoms with Crippen LogP contribution in [0.5, 0.6) is 0 Å². The van der Waals surface area contributed by atoms with Crippen molar-refractivity contribution in [2.24, 2.45) is 16.2 Å². The van der Waals surface area contributed by atoms with Crippen LogP contribution in [0.25, 0.3) is 0 Å². The van der Waals surface area contributed by atoms with Crippen LogP contribution in [-0.2, 0) is 20.7 Å². The second-order valence-corrected chi connectivity index (χ2v) is 12.5. The molecule has 1 rings (SSSR count). The van der Waals surface area contributed by atoms with E-state index in [4.69, 9.17) is 0 Å². The fraction of sp³-hybridized carbons (Fsp3) is 1.00. The summed E-state index contributed by atoms with van der Waals surface area (Å²) >= 11 is 1.95. The summed E-state index contributed by atoms with van der Waals surface area (Å²) in [5.74, 6) is 0. The molecule has 4 nitrogen and oxygen atoms in total. The molecule has 0 aromatic heterocycles. The molecule has 5 heteroatoms. The zero-order valence-corrected chi connectivity index (χ0v) is 25.1. The van der Waals surface area contributed by atoms with Crippen molar-refractivity contribution in [2.75, 3.05) is 0 Å². The van der Waals surface area contributed by atoms with Gasteiger partial charge in [-0.1, -0.05) is 89.5 Å². The minimum absolute atomic E-state index is 0.378. The Labute approximate surface area is 208 Å². The van der Waals surface area contributed by atoms with Gasteiger partial charge >= 0.3 is 44.4 Å². The summed E-state index contributed by atoms with van der Waals surface area (Å²) < 4.78 is 3.03. The Balaban J connectivity index is -0.000000493. The van der Waals surface area contributed by atoms with Gasteiger partial charge in [0, 0.05) is 12.1 Å². The summed E-state index contributed by atoms with van der Waals surface area (Å²) in [6, 6.07) is 1.94. The van der Waals surface area contributed by atoms with Gasteiger partial charge < -0.3 is 15.5 Å². The predicted octanol–water partition coefficient (Wildman–Crippen LogP) is 4.96. The van der Waals surface area contributed by atoms with Gasteiger partial charge in [-0.2, -0.15) is 0 Å². The molecule has 0 heterocycles. The van der Waals surface area contributed by atoms with Gasteiger partial charge in [-0.05, 0) is 35.5 Å². The summed E-state index contributed by atoms with van der Waals surface area (Å²) in [6.45, 7) is 29.8. The van der Waals surface area contributed by atoms with Crippen molar-refractivity contribution in [2.45, 2.75) is 153 Å². The number of rotatable bonds is 3. The predicted molar refractivity (Wildman–Crippen MR) is 130 cm³/mol. The third-order valence-corrected chi connectivity index (χ3v) is 6.38. The van der Waals surface area contributed by atoms with Crippen molar-refractivity contribution in [1.29, 1.82) is 0 Å². The first-order valence-corrected chi connectivity index (χ1v) is 13.0. The molecule has 0 saturated heterocycles. The third-order valence-electron chi connectivity index (χ3n) is 5.48. The van der Waals surface area contributed by atoms with Crippen molar-refractivity contribution in [1.82, 2.24) is 9.12 Å². The van der Waals surface area contributed by atoms with Crippen molar-refractivity contribution in [3.05, 3.63) is 0 Å². The monoisotopic (exact) mass is 477 g/mol. The molecule has 0 aromatic rings. The molecular formula is C26H57N2O2Ti. The third kappa shape index (κ3) is 18.6. The fourth-order valence-electron chi connectivity index (χ4n) is 4.38. The second kappa shape index (κ2) is 17.1. The smallest absolute Gasteiger partial charge is 0.0783 e. The van der Waals surface area contributed by atoms with E-state index in [1.807, 2.05) is 20.7 Å². The fourth-order valence-corrected chi connectivity index (χ4v) is 4.38. The molecule has 1 atom stereocenters. The minimum atomic E-state index is -0.417. The van der Waals surface area contributed by atoms with E-state index in [9.17, 15) is 10.2 Å². The number of hydrogen-bond donors (Lipinski definition) is 2. The molecule has 0 aliphatic heterocycles. The van der Waals surface area contributed by atoms with Gasteiger partial charge in [0.2, 0.25) is 0 Å². The Bertz CT molecular complexity index is 385. The molecule has 1 unspecified atom stereocenters. The van der Waals surface area contributed by atoms with E-state index in [1.165, 1.54) is 25.7 Å². The molecule has 1 fully saturated rings. The average Bonchev–Trinajstić information content (AvgIpc) is 2.51. The van der Waals surface area contributed by atoms with Gasteiger partial charge in [0.1, 0.15) is 0 Å². The van der Waals surface area contributed by atoms with Crippen molar-refractivity contribution < 1.29 is 30.9 Å². The first-order chi connectivity index (χ1) is 13.7. The molecule has 2 N–H and O–H groups in total. The molecule has 1 aliphatic carbocycles. The van der Waals surface area contributed by atoms with E-state index in [2.05, 4.69) is 78.4 Å². The van der Waals surface area contributed by atoms with Gasteiger partial charge in [-0.15, -0.1) is 12.2 Å². The van der Waals surface area contributed by atoms with Crippen molar-refractivity contribution in [3.8, 4) is 0 Å². The van der Waals surface area contributed by atoms with Gasteiger partial charge in [-0.3, -0.25) is 0 Å². The molecule has 0 spiro atoms. The van der Waals surface area contributed by atoms with E-state index >= 15 is 0 Å². The summed E-state index contributed by atoms with van der Waals surface area (Å²) in [6.07, 6.45) is 4.61. The van der Waals surface area contributed by atoms with Crippen molar-refractivity contribution in [3.63, 3.8) is 0 Å². The van der Waals surface area contributed by atoms with Crippen LogP contribution in [0.4, 0.5) is 0 Å². The summed E-state index contributed by atoms with van der Waals surface area (Å²) in [7, 11) is 0. The largest absolute Gasteiger partial charge is 0.852 e.